The van der Waals surface area contributed by atoms with Gasteiger partial charge in [-0.05, 0) is 73.8 Å². The summed E-state index contributed by atoms with van der Waals surface area (Å²) < 4.78 is 23.7. The number of anilines is 1. The summed E-state index contributed by atoms with van der Waals surface area (Å²) in [5.74, 6) is -8.12. The molecule has 2 saturated carbocycles. The highest BCUT2D eigenvalue weighted by Gasteiger charge is 2.88. The summed E-state index contributed by atoms with van der Waals surface area (Å²) in [6.07, 6.45) is 17.4. The number of rotatable bonds is 34. The zero-order valence-corrected chi connectivity index (χ0v) is 52.1. The monoisotopic (exact) mass is 1210 g/mol. The number of ketones is 1. The molecule has 1 aliphatic heterocycles. The molecule has 0 spiro atoms. The molecule has 1 aromatic rings. The number of fused-ring (bicyclic) bond motifs is 5. The maximum atomic E-state index is 14.0. The average molecular weight is 1220 g/mol. The quantitative estimate of drug-likeness (QED) is 0.0115. The van der Waals surface area contributed by atoms with E-state index >= 15 is 0 Å². The highest BCUT2D eigenvalue weighted by atomic mass is 16.7. The second-order valence-electron chi connectivity index (χ2n) is 25.3. The first kappa shape index (κ1) is 69.2. The minimum atomic E-state index is -2.17. The van der Waals surface area contributed by atoms with Gasteiger partial charge >= 0.3 is 24.1 Å². The number of amides is 7. The summed E-state index contributed by atoms with van der Waals surface area (Å²) in [6, 6.07) is 3.41. The Morgan fingerprint density at radius 1 is 0.770 bits per heavy atom. The van der Waals surface area contributed by atoms with Crippen LogP contribution in [-0.2, 0) is 63.9 Å². The van der Waals surface area contributed by atoms with Crippen LogP contribution in [0.1, 0.15) is 183 Å². The number of unbranched alkanes of at least 4 members (excludes halogenated alkanes) is 12. The highest BCUT2D eigenvalue weighted by molar-refractivity contribution is 6.12. The summed E-state index contributed by atoms with van der Waals surface area (Å²) in [5, 5.41) is 36.6. The lowest BCUT2D eigenvalue weighted by Crippen LogP contribution is -2.66. The number of nitrogens with two attached hydrogens (primary N) is 1. The molecule has 22 nitrogen and oxygen atoms in total. The number of benzene rings is 1. The van der Waals surface area contributed by atoms with Crippen molar-refractivity contribution in [2.75, 3.05) is 25.0 Å². The van der Waals surface area contributed by atoms with Crippen LogP contribution in [0.25, 0.3) is 0 Å². The minimum absolute atomic E-state index is 0.0806. The van der Waals surface area contributed by atoms with Crippen LogP contribution < -0.4 is 27.0 Å². The lowest BCUT2D eigenvalue weighted by Gasteiger charge is -2.53. The minimum Gasteiger partial charge on any atom is -0.458 e. The van der Waals surface area contributed by atoms with Crippen LogP contribution in [0.5, 0.6) is 0 Å². The predicted octanol–water partition coefficient (Wildman–Crippen LogP) is 7.61. The third kappa shape index (κ3) is 16.8. The van der Waals surface area contributed by atoms with Crippen molar-refractivity contribution in [3.05, 3.63) is 65.3 Å². The fraction of sp³-hybridized carbons (Fsp3) is 0.662. The molecular formula is C65H94N6O16. The van der Waals surface area contributed by atoms with Crippen molar-refractivity contribution >= 4 is 65.1 Å². The number of hydrogen-bond donors (Lipinski definition) is 7. The molecule has 0 saturated heterocycles. The van der Waals surface area contributed by atoms with E-state index in [0.717, 1.165) is 30.6 Å². The third-order valence-electron chi connectivity index (χ3n) is 18.3. The van der Waals surface area contributed by atoms with E-state index < -0.39 is 118 Å². The van der Waals surface area contributed by atoms with Crippen molar-refractivity contribution in [2.45, 2.75) is 219 Å². The molecule has 1 heterocycles. The maximum absolute atomic E-state index is 14.0. The molecule has 0 unspecified atom stereocenters. The van der Waals surface area contributed by atoms with Gasteiger partial charge in [-0.2, -0.15) is 0 Å². The second kappa shape index (κ2) is 30.8. The predicted molar refractivity (Wildman–Crippen MR) is 321 cm³/mol. The molecule has 6 rings (SSSR count). The van der Waals surface area contributed by atoms with Crippen LogP contribution in [0.3, 0.4) is 0 Å². The number of hydrogen-bond acceptors (Lipinski definition) is 16. The van der Waals surface area contributed by atoms with Gasteiger partial charge in [0.15, 0.2) is 11.4 Å². The lowest BCUT2D eigenvalue weighted by molar-refractivity contribution is -0.228. The normalized spacial score (nSPS) is 25.6. The third-order valence-corrected chi connectivity index (χ3v) is 18.3. The van der Waals surface area contributed by atoms with Crippen LogP contribution in [-0.4, -0.2) is 129 Å². The second-order valence-corrected chi connectivity index (χ2v) is 25.3. The van der Waals surface area contributed by atoms with Crippen molar-refractivity contribution in [1.29, 1.82) is 0 Å². The Bertz CT molecular complexity index is 2760. The van der Waals surface area contributed by atoms with Gasteiger partial charge in [-0.1, -0.05) is 136 Å². The van der Waals surface area contributed by atoms with E-state index in [4.69, 9.17) is 24.7 Å². The molecular weight excluding hydrogens is 1120 g/mol. The molecule has 0 bridgehead atoms. The molecule has 480 valence electrons. The number of nitrogens with one attached hydrogen (secondary N) is 4. The zero-order valence-electron chi connectivity index (χ0n) is 52.1. The topological polar surface area (TPSA) is 325 Å². The number of nitrogens with zero attached hydrogens (tertiary/aromatic N) is 1. The molecule has 0 radical (unpaired) electrons. The molecule has 0 aromatic heterocycles. The fourth-order valence-corrected chi connectivity index (χ4v) is 13.6. The van der Waals surface area contributed by atoms with Crippen molar-refractivity contribution in [2.24, 2.45) is 40.7 Å². The van der Waals surface area contributed by atoms with Gasteiger partial charge in [-0.15, -0.1) is 0 Å². The van der Waals surface area contributed by atoms with E-state index in [-0.39, 0.29) is 75.1 Å². The Hall–Kier alpha value is -6.94. The SMILES string of the molecule is CCCCCCCCCCCCCC(=O)O[C@H]1[C@H](C)[C@]2(O)[C@H](C=C(COC(=O)OCc3ccc(NC(=O)[C@H](CCCNC(N)=O)NC(=O)[C@@H](NC(=O)CCCCCN4C(=O)C=CC4=O)C(C)C)cc3)C[C@@]3(O)C(=O)C(C)=C[C@H]23)[C@H]2C(C)(C)[C@@]12OC(C)=O. The van der Waals surface area contributed by atoms with Gasteiger partial charge in [-0.3, -0.25) is 43.3 Å². The van der Waals surface area contributed by atoms with Crippen LogP contribution in [0.15, 0.2) is 59.7 Å². The van der Waals surface area contributed by atoms with Crippen molar-refractivity contribution in [3.8, 4) is 0 Å². The Labute approximate surface area is 511 Å². The largest absolute Gasteiger partial charge is 0.508 e. The number of imide groups is 1. The number of Topliss-reactive ketones (excluding diaryl/α,β-unsaturated/α-hetero) is 1. The standard InChI is InChI=1S/C65H94N6O16/c1-9-10-11-12-13-14-15-16-17-18-21-26-53(76)86-57-42(5)64(83)47(55-62(7,8)65(55,57)87-43(6)72)36-45(37-63(82)49(64)35-41(4)56(63)77)39-85-61(81)84-38-44-27-29-46(30-28-44)68-58(78)48(24-23-33-67-60(66)80)69-59(79)54(40(2)3)70-50(73)25-20-19-22-34-71-51(74)31-32-52(71)75/h27-32,35-36,40,42,47-49,54-55,57,82-83H,9-26,33-34,37-39H2,1-8H3,(H,68,78)(H,69,79)(H,70,73)(H3,66,67,80)/t42-,47+,48-,49-,54-,55-,57-,63-,64-,65-/m0/s1. The highest BCUT2D eigenvalue weighted by Crippen LogP contribution is 2.77. The first-order valence-corrected chi connectivity index (χ1v) is 31.3. The average Bonchev–Trinajstić information content (AvgIpc) is 1.47. The van der Waals surface area contributed by atoms with Gasteiger partial charge in [0.05, 0.1) is 5.60 Å². The van der Waals surface area contributed by atoms with Gasteiger partial charge in [0, 0.05) is 86.2 Å². The first-order valence-electron chi connectivity index (χ1n) is 31.3. The van der Waals surface area contributed by atoms with Crippen molar-refractivity contribution < 1.29 is 77.1 Å². The van der Waals surface area contributed by atoms with Gasteiger partial charge in [0.25, 0.3) is 11.8 Å². The van der Waals surface area contributed by atoms with E-state index in [2.05, 4.69) is 28.2 Å². The number of urea groups is 1. The molecule has 4 aliphatic carbocycles. The van der Waals surface area contributed by atoms with E-state index in [0.29, 0.717) is 42.5 Å². The summed E-state index contributed by atoms with van der Waals surface area (Å²) >= 11 is 0. The molecule has 1 aromatic carbocycles. The number of esters is 2. The number of primary amides is 1. The first-order chi connectivity index (χ1) is 41.2. The summed E-state index contributed by atoms with van der Waals surface area (Å²) in [7, 11) is 0. The Kier molecular flexibility index (Phi) is 24.5. The van der Waals surface area contributed by atoms with E-state index in [1.807, 2.05) is 13.8 Å². The fourth-order valence-electron chi connectivity index (χ4n) is 13.6. The number of aliphatic hydroxyl groups is 2. The van der Waals surface area contributed by atoms with E-state index in [1.165, 1.54) is 57.6 Å². The van der Waals surface area contributed by atoms with Gasteiger partial charge in [0.2, 0.25) is 17.7 Å². The van der Waals surface area contributed by atoms with Crippen molar-refractivity contribution in [1.82, 2.24) is 20.9 Å². The Morgan fingerprint density at radius 2 is 1.37 bits per heavy atom. The Balaban J connectivity index is 1.06. The van der Waals surface area contributed by atoms with Crippen LogP contribution >= 0.6 is 0 Å². The number of carbonyl (C=O) groups is 10. The zero-order chi connectivity index (χ0) is 63.9. The molecule has 7 amide bonds. The summed E-state index contributed by atoms with van der Waals surface area (Å²) in [4.78, 5) is 131. The molecule has 22 heteroatoms. The molecule has 8 N–H and O–H groups in total. The van der Waals surface area contributed by atoms with E-state index in [9.17, 15) is 58.2 Å². The maximum Gasteiger partial charge on any atom is 0.508 e. The summed E-state index contributed by atoms with van der Waals surface area (Å²) in [6.45, 7) is 13.6. The molecule has 10 atom stereocenters. The summed E-state index contributed by atoms with van der Waals surface area (Å²) in [5.41, 5.74) is 0.251. The molecule has 5 aliphatic rings. The van der Waals surface area contributed by atoms with Gasteiger partial charge < -0.3 is 56.2 Å². The van der Waals surface area contributed by atoms with Gasteiger partial charge in [0.1, 0.15) is 37.0 Å². The number of ether oxygens (including phenoxy) is 4. The Morgan fingerprint density at radius 3 is 1.98 bits per heavy atom. The lowest BCUT2D eigenvalue weighted by atomic mass is 9.59. The smallest absolute Gasteiger partial charge is 0.458 e. The van der Waals surface area contributed by atoms with Crippen LogP contribution in [0.4, 0.5) is 15.3 Å². The van der Waals surface area contributed by atoms with Gasteiger partial charge in [-0.25, -0.2) is 9.59 Å². The van der Waals surface area contributed by atoms with E-state index in [1.54, 1.807) is 64.1 Å². The number of carbonyl (C=O) groups excluding carboxylic acids is 10. The molecule has 87 heavy (non-hydrogen) atoms. The van der Waals surface area contributed by atoms with Crippen LogP contribution in [0.2, 0.25) is 0 Å². The molecule has 2 fully saturated rings. The van der Waals surface area contributed by atoms with Crippen LogP contribution in [0, 0.1) is 35.0 Å². The van der Waals surface area contributed by atoms with Crippen molar-refractivity contribution in [3.63, 3.8) is 0 Å².